The van der Waals surface area contributed by atoms with Crippen LogP contribution in [-0.4, -0.2) is 47.8 Å². The number of rotatable bonds is 7. The third-order valence-electron chi connectivity index (χ3n) is 4.40. The minimum Gasteiger partial charge on any atom is -0.484 e. The van der Waals surface area contributed by atoms with Crippen LogP contribution in [0.1, 0.15) is 35.5 Å². The predicted octanol–water partition coefficient (Wildman–Crippen LogP) is 3.19. The van der Waals surface area contributed by atoms with Gasteiger partial charge in [-0.05, 0) is 25.2 Å². The highest BCUT2D eigenvalue weighted by molar-refractivity contribution is 6.30. The van der Waals surface area contributed by atoms with E-state index >= 15 is 0 Å². The average Bonchev–Trinajstić information content (AvgIpc) is 3.14. The van der Waals surface area contributed by atoms with Gasteiger partial charge in [-0.1, -0.05) is 16.8 Å². The first-order chi connectivity index (χ1) is 12.6. The van der Waals surface area contributed by atoms with Crippen molar-refractivity contribution >= 4 is 17.5 Å². The number of hydrogen-bond donors (Lipinski definition) is 0. The van der Waals surface area contributed by atoms with Crippen molar-refractivity contribution in [2.75, 3.05) is 26.8 Å². The molecule has 0 atom stereocenters. The molecule has 0 saturated carbocycles. The summed E-state index contributed by atoms with van der Waals surface area (Å²) in [4.78, 5) is 18.1. The smallest absolute Gasteiger partial charge is 0.275 e. The van der Waals surface area contributed by atoms with Gasteiger partial charge in [-0.15, -0.1) is 0 Å². The Labute approximate surface area is 157 Å². The number of halogens is 1. The standard InChI is InChI=1S/C18H22ClN3O4/c1-22(5-2-13-3-6-24-7-4-13)18(23)17-9-16(26-21-17)12-25-15-8-14(19)10-20-11-15/h8-11,13H,2-7,12H2,1H3. The topological polar surface area (TPSA) is 77.7 Å². The second-order valence-corrected chi connectivity index (χ2v) is 6.81. The van der Waals surface area contributed by atoms with E-state index in [0.717, 1.165) is 32.5 Å². The molecule has 1 fully saturated rings. The van der Waals surface area contributed by atoms with Crippen LogP contribution >= 0.6 is 11.6 Å². The van der Waals surface area contributed by atoms with E-state index in [0.29, 0.717) is 29.0 Å². The van der Waals surface area contributed by atoms with Crippen LogP contribution in [-0.2, 0) is 11.3 Å². The largest absolute Gasteiger partial charge is 0.484 e. The van der Waals surface area contributed by atoms with Crippen molar-refractivity contribution in [1.29, 1.82) is 0 Å². The molecular weight excluding hydrogens is 358 g/mol. The number of carbonyl (C=O) groups is 1. The molecule has 0 bridgehead atoms. The third-order valence-corrected chi connectivity index (χ3v) is 4.61. The number of ether oxygens (including phenoxy) is 2. The summed E-state index contributed by atoms with van der Waals surface area (Å²) < 4.78 is 16.1. The highest BCUT2D eigenvalue weighted by atomic mass is 35.5. The lowest BCUT2D eigenvalue weighted by Gasteiger charge is -2.24. The average molecular weight is 380 g/mol. The number of nitrogens with zero attached hydrogens (tertiary/aromatic N) is 3. The lowest BCUT2D eigenvalue weighted by Crippen LogP contribution is -2.30. The van der Waals surface area contributed by atoms with Crippen molar-refractivity contribution in [3.05, 3.63) is 41.0 Å². The number of carbonyl (C=O) groups excluding carboxylic acids is 1. The van der Waals surface area contributed by atoms with E-state index < -0.39 is 0 Å². The Morgan fingerprint density at radius 1 is 1.35 bits per heavy atom. The van der Waals surface area contributed by atoms with Crippen LogP contribution in [0.5, 0.6) is 5.75 Å². The van der Waals surface area contributed by atoms with Crippen LogP contribution in [0.25, 0.3) is 0 Å². The van der Waals surface area contributed by atoms with Gasteiger partial charge in [0.25, 0.3) is 5.91 Å². The highest BCUT2D eigenvalue weighted by Crippen LogP contribution is 2.19. The van der Waals surface area contributed by atoms with Gasteiger partial charge in [0.2, 0.25) is 0 Å². The molecule has 1 aliphatic heterocycles. The quantitative estimate of drug-likeness (QED) is 0.735. The zero-order valence-electron chi connectivity index (χ0n) is 14.7. The fraction of sp³-hybridized carbons (Fsp3) is 0.500. The third kappa shape index (κ3) is 5.19. The van der Waals surface area contributed by atoms with Crippen molar-refractivity contribution < 1.29 is 18.8 Å². The number of pyridine rings is 1. The van der Waals surface area contributed by atoms with Gasteiger partial charge in [0.05, 0.1) is 11.2 Å². The molecular formula is C18H22ClN3O4. The van der Waals surface area contributed by atoms with E-state index in [1.165, 1.54) is 6.20 Å². The number of hydrogen-bond acceptors (Lipinski definition) is 6. The van der Waals surface area contributed by atoms with Gasteiger partial charge in [-0.2, -0.15) is 0 Å². The van der Waals surface area contributed by atoms with Gasteiger partial charge in [0, 0.05) is 45.1 Å². The predicted molar refractivity (Wildman–Crippen MR) is 95.2 cm³/mol. The molecule has 0 spiro atoms. The molecule has 140 valence electrons. The van der Waals surface area contributed by atoms with E-state index in [9.17, 15) is 4.79 Å². The molecule has 2 aromatic rings. The normalized spacial score (nSPS) is 15.0. The number of amides is 1. The molecule has 0 N–H and O–H groups in total. The van der Waals surface area contributed by atoms with E-state index in [1.807, 2.05) is 0 Å². The van der Waals surface area contributed by atoms with Crippen LogP contribution in [0.2, 0.25) is 5.02 Å². The van der Waals surface area contributed by atoms with E-state index in [4.69, 9.17) is 25.6 Å². The summed E-state index contributed by atoms with van der Waals surface area (Å²) in [5.41, 5.74) is 0.280. The van der Waals surface area contributed by atoms with E-state index in [-0.39, 0.29) is 18.2 Å². The first kappa shape index (κ1) is 18.7. The van der Waals surface area contributed by atoms with Crippen molar-refractivity contribution in [2.45, 2.75) is 25.9 Å². The molecule has 0 aliphatic carbocycles. The summed E-state index contributed by atoms with van der Waals surface area (Å²) in [7, 11) is 1.78. The Kier molecular flexibility index (Phi) is 6.46. The fourth-order valence-corrected chi connectivity index (χ4v) is 2.98. The molecule has 0 aromatic carbocycles. The van der Waals surface area contributed by atoms with Gasteiger partial charge in [-0.25, -0.2) is 0 Å². The van der Waals surface area contributed by atoms with Crippen LogP contribution in [0.15, 0.2) is 29.0 Å². The summed E-state index contributed by atoms with van der Waals surface area (Å²) in [5.74, 6) is 1.45. The first-order valence-electron chi connectivity index (χ1n) is 8.64. The van der Waals surface area contributed by atoms with Gasteiger partial charge >= 0.3 is 0 Å². The molecule has 2 aromatic heterocycles. The van der Waals surface area contributed by atoms with Gasteiger partial charge in [0.1, 0.15) is 12.4 Å². The highest BCUT2D eigenvalue weighted by Gasteiger charge is 2.20. The second kappa shape index (κ2) is 9.00. The summed E-state index contributed by atoms with van der Waals surface area (Å²) in [5, 5.41) is 4.34. The Hall–Kier alpha value is -2.12. The Bertz CT molecular complexity index is 731. The molecule has 0 unspecified atom stereocenters. The zero-order chi connectivity index (χ0) is 18.4. The summed E-state index contributed by atoms with van der Waals surface area (Å²) in [6, 6.07) is 3.26. The van der Waals surface area contributed by atoms with Gasteiger partial charge in [-0.3, -0.25) is 9.78 Å². The molecule has 7 nitrogen and oxygen atoms in total. The van der Waals surface area contributed by atoms with Crippen molar-refractivity contribution in [3.63, 3.8) is 0 Å². The maximum atomic E-state index is 12.5. The SMILES string of the molecule is CN(CCC1CCOCC1)C(=O)c1cc(COc2cncc(Cl)c2)on1. The fourth-order valence-electron chi connectivity index (χ4n) is 2.82. The molecule has 26 heavy (non-hydrogen) atoms. The second-order valence-electron chi connectivity index (χ2n) is 6.38. The summed E-state index contributed by atoms with van der Waals surface area (Å²) >= 11 is 5.86. The van der Waals surface area contributed by atoms with Gasteiger partial charge in [0.15, 0.2) is 11.5 Å². The van der Waals surface area contributed by atoms with E-state index in [1.54, 1.807) is 30.3 Å². The first-order valence-corrected chi connectivity index (χ1v) is 9.02. The number of aromatic nitrogens is 2. The summed E-state index contributed by atoms with van der Waals surface area (Å²) in [6.45, 7) is 2.47. The molecule has 8 heteroatoms. The minimum absolute atomic E-state index is 0.147. The lowest BCUT2D eigenvalue weighted by atomic mass is 9.96. The van der Waals surface area contributed by atoms with Crippen molar-refractivity contribution in [1.82, 2.24) is 15.0 Å². The van der Waals surface area contributed by atoms with E-state index in [2.05, 4.69) is 10.1 Å². The molecule has 1 saturated heterocycles. The Morgan fingerprint density at radius 3 is 2.92 bits per heavy atom. The van der Waals surface area contributed by atoms with Crippen LogP contribution < -0.4 is 4.74 Å². The molecule has 3 heterocycles. The summed E-state index contributed by atoms with van der Waals surface area (Å²) in [6.07, 6.45) is 6.17. The molecule has 0 radical (unpaired) electrons. The molecule has 1 aliphatic rings. The van der Waals surface area contributed by atoms with Crippen LogP contribution in [0, 0.1) is 5.92 Å². The monoisotopic (exact) mass is 379 g/mol. The minimum atomic E-state index is -0.156. The maximum Gasteiger partial charge on any atom is 0.275 e. The van der Waals surface area contributed by atoms with Crippen LogP contribution in [0.3, 0.4) is 0 Å². The maximum absolute atomic E-state index is 12.5. The van der Waals surface area contributed by atoms with Crippen molar-refractivity contribution in [3.8, 4) is 5.75 Å². The molecule has 3 rings (SSSR count). The Balaban J connectivity index is 1.48. The zero-order valence-corrected chi connectivity index (χ0v) is 15.4. The van der Waals surface area contributed by atoms with Crippen molar-refractivity contribution in [2.24, 2.45) is 5.92 Å². The van der Waals surface area contributed by atoms with Crippen LogP contribution in [0.4, 0.5) is 0 Å². The molecule has 1 amide bonds. The van der Waals surface area contributed by atoms with Gasteiger partial charge < -0.3 is 18.9 Å². The Morgan fingerprint density at radius 2 is 2.15 bits per heavy atom. The lowest BCUT2D eigenvalue weighted by molar-refractivity contribution is 0.0581.